The van der Waals surface area contributed by atoms with Crippen molar-refractivity contribution in [1.82, 2.24) is 19.7 Å². The quantitative estimate of drug-likeness (QED) is 0.727. The number of pyridine rings is 1. The number of aryl methyl sites for hydroxylation is 1. The van der Waals surface area contributed by atoms with Gasteiger partial charge in [-0.05, 0) is 43.6 Å². The number of carbonyl (C=O) groups is 1. The molecular weight excluding hydrogens is 419 g/mol. The van der Waals surface area contributed by atoms with Crippen LogP contribution < -0.4 is 4.74 Å². The van der Waals surface area contributed by atoms with Crippen molar-refractivity contribution in [3.8, 4) is 17.1 Å². The zero-order valence-corrected chi connectivity index (χ0v) is 17.5. The molecule has 0 aromatic carbocycles. The first kappa shape index (κ1) is 19.6. The third-order valence-corrected chi connectivity index (χ3v) is 4.84. The number of rotatable bonds is 3. The smallest absolute Gasteiger partial charge is 0.410 e. The number of hydrogen-bond donors (Lipinski definition) is 0. The number of aromatic nitrogens is 3. The van der Waals surface area contributed by atoms with E-state index in [9.17, 15) is 9.18 Å². The third-order valence-electron chi connectivity index (χ3n) is 4.08. The zero-order valence-electron chi connectivity index (χ0n) is 15.9. The highest BCUT2D eigenvalue weighted by Crippen LogP contribution is 2.31. The van der Waals surface area contributed by atoms with Crippen LogP contribution in [-0.2, 0) is 11.8 Å². The summed E-state index contributed by atoms with van der Waals surface area (Å²) in [7, 11) is 1.79. The molecule has 1 aliphatic rings. The van der Waals surface area contributed by atoms with Gasteiger partial charge in [0.2, 0.25) is 0 Å². The van der Waals surface area contributed by atoms with E-state index in [1.54, 1.807) is 17.8 Å². The summed E-state index contributed by atoms with van der Waals surface area (Å²) in [5, 5.41) is 4.29. The molecule has 0 N–H and O–H groups in total. The van der Waals surface area contributed by atoms with Crippen molar-refractivity contribution in [1.29, 1.82) is 0 Å². The molecule has 1 amide bonds. The lowest BCUT2D eigenvalue weighted by molar-refractivity contribution is -0.0229. The summed E-state index contributed by atoms with van der Waals surface area (Å²) in [5.41, 5.74) is 1.69. The summed E-state index contributed by atoms with van der Waals surface area (Å²) >= 11 is 3.38. The molecule has 1 fully saturated rings. The summed E-state index contributed by atoms with van der Waals surface area (Å²) in [5.74, 6) is -0.445. The third kappa shape index (κ3) is 4.23. The molecule has 0 atom stereocenters. The van der Waals surface area contributed by atoms with E-state index in [0.29, 0.717) is 23.4 Å². The van der Waals surface area contributed by atoms with Crippen molar-refractivity contribution in [2.75, 3.05) is 13.1 Å². The molecule has 2 aromatic heterocycles. The van der Waals surface area contributed by atoms with Crippen LogP contribution in [0.4, 0.5) is 9.18 Å². The van der Waals surface area contributed by atoms with Crippen molar-refractivity contribution in [2.45, 2.75) is 39.4 Å². The molecule has 1 aliphatic heterocycles. The van der Waals surface area contributed by atoms with E-state index in [4.69, 9.17) is 9.47 Å². The number of ether oxygens (including phenoxy) is 2. The van der Waals surface area contributed by atoms with Crippen molar-refractivity contribution in [2.24, 2.45) is 7.05 Å². The van der Waals surface area contributed by atoms with Gasteiger partial charge in [-0.15, -0.1) is 0 Å². The maximum absolute atomic E-state index is 14.2. The Morgan fingerprint density at radius 2 is 2.04 bits per heavy atom. The monoisotopic (exact) mass is 440 g/mol. The Bertz CT molecular complexity index is 872. The minimum Gasteiger partial charge on any atom is -0.483 e. The van der Waals surface area contributed by atoms with E-state index in [1.807, 2.05) is 27.7 Å². The Hall–Kier alpha value is -2.16. The molecule has 0 saturated carbocycles. The second kappa shape index (κ2) is 7.10. The van der Waals surface area contributed by atoms with Gasteiger partial charge in [0.05, 0.1) is 30.7 Å². The van der Waals surface area contributed by atoms with Crippen LogP contribution in [0.3, 0.4) is 0 Å². The fourth-order valence-electron chi connectivity index (χ4n) is 2.76. The lowest BCUT2D eigenvalue weighted by Gasteiger charge is -2.39. The Morgan fingerprint density at radius 3 is 2.59 bits per heavy atom. The van der Waals surface area contributed by atoms with Gasteiger partial charge in [-0.2, -0.15) is 5.10 Å². The van der Waals surface area contributed by atoms with Crippen LogP contribution in [0.1, 0.15) is 26.3 Å². The van der Waals surface area contributed by atoms with Crippen molar-refractivity contribution < 1.29 is 18.7 Å². The van der Waals surface area contributed by atoms with Crippen LogP contribution in [-0.4, -0.2) is 50.6 Å². The van der Waals surface area contributed by atoms with Gasteiger partial charge in [-0.3, -0.25) is 9.67 Å². The van der Waals surface area contributed by atoms with Crippen LogP contribution in [0.15, 0.2) is 16.9 Å². The molecule has 3 heterocycles. The van der Waals surface area contributed by atoms with Gasteiger partial charge in [-0.1, -0.05) is 0 Å². The SMILES string of the molecule is Cc1c(Br)nn(C)c1-c1cc(OC2CN(C(=O)OC(C)(C)C)C2)c(F)cn1. The first-order valence-corrected chi connectivity index (χ1v) is 9.34. The number of nitrogens with zero attached hydrogens (tertiary/aromatic N) is 4. The van der Waals surface area contributed by atoms with E-state index in [0.717, 1.165) is 17.5 Å². The summed E-state index contributed by atoms with van der Waals surface area (Å²) in [6, 6.07) is 1.56. The van der Waals surface area contributed by atoms with Crippen molar-refractivity contribution in [3.63, 3.8) is 0 Å². The lowest BCUT2D eigenvalue weighted by Crippen LogP contribution is -2.57. The first-order valence-electron chi connectivity index (χ1n) is 8.54. The van der Waals surface area contributed by atoms with Crippen LogP contribution in [0, 0.1) is 12.7 Å². The summed E-state index contributed by atoms with van der Waals surface area (Å²) in [4.78, 5) is 17.7. The van der Waals surface area contributed by atoms with E-state index in [2.05, 4.69) is 26.0 Å². The highest BCUT2D eigenvalue weighted by Gasteiger charge is 2.35. The number of hydrogen-bond acceptors (Lipinski definition) is 5. The van der Waals surface area contributed by atoms with E-state index in [-0.39, 0.29) is 11.9 Å². The topological polar surface area (TPSA) is 69.5 Å². The molecule has 2 aromatic rings. The molecule has 3 rings (SSSR count). The number of likely N-dealkylation sites (tertiary alicyclic amines) is 1. The Balaban J connectivity index is 1.70. The fourth-order valence-corrected chi connectivity index (χ4v) is 3.19. The Labute approximate surface area is 165 Å². The Morgan fingerprint density at radius 1 is 1.37 bits per heavy atom. The maximum Gasteiger partial charge on any atom is 0.410 e. The second-order valence-electron chi connectivity index (χ2n) is 7.51. The fraction of sp³-hybridized carbons (Fsp3) is 0.500. The molecule has 7 nitrogen and oxygen atoms in total. The molecule has 1 saturated heterocycles. The predicted molar refractivity (Wildman–Crippen MR) is 101 cm³/mol. The van der Waals surface area contributed by atoms with Crippen molar-refractivity contribution >= 4 is 22.0 Å². The lowest BCUT2D eigenvalue weighted by atomic mass is 10.1. The molecule has 0 unspecified atom stereocenters. The summed E-state index contributed by atoms with van der Waals surface area (Å²) in [6.45, 7) is 8.04. The minimum absolute atomic E-state index is 0.102. The molecular formula is C18H22BrFN4O3. The maximum atomic E-state index is 14.2. The molecule has 0 spiro atoms. The molecule has 9 heteroatoms. The predicted octanol–water partition coefficient (Wildman–Crippen LogP) is 3.69. The number of carbonyl (C=O) groups excluding carboxylic acids is 1. The second-order valence-corrected chi connectivity index (χ2v) is 8.26. The van der Waals surface area contributed by atoms with E-state index in [1.165, 1.54) is 4.90 Å². The first-order chi connectivity index (χ1) is 12.5. The molecule has 146 valence electrons. The standard InChI is InChI=1S/C18H22BrFN4O3/c1-10-15(23(5)22-16(10)19)13-6-14(12(20)7-21-13)26-11-8-24(9-11)17(25)27-18(2,3)4/h6-7,11H,8-9H2,1-5H3. The van der Waals surface area contributed by atoms with Crippen LogP contribution in [0.5, 0.6) is 5.75 Å². The average Bonchev–Trinajstić information content (AvgIpc) is 2.75. The van der Waals surface area contributed by atoms with Crippen LogP contribution in [0.2, 0.25) is 0 Å². The molecule has 0 radical (unpaired) electrons. The van der Waals surface area contributed by atoms with Crippen molar-refractivity contribution in [3.05, 3.63) is 28.2 Å². The Kier molecular flexibility index (Phi) is 5.16. The van der Waals surface area contributed by atoms with Gasteiger partial charge >= 0.3 is 6.09 Å². The molecule has 27 heavy (non-hydrogen) atoms. The molecule has 0 bridgehead atoms. The van der Waals surface area contributed by atoms with Gasteiger partial charge in [0.25, 0.3) is 0 Å². The van der Waals surface area contributed by atoms with Crippen LogP contribution >= 0.6 is 15.9 Å². The van der Waals surface area contributed by atoms with Gasteiger partial charge in [-0.25, -0.2) is 9.18 Å². The highest BCUT2D eigenvalue weighted by atomic mass is 79.9. The number of amides is 1. The van der Waals surface area contributed by atoms with Crippen LogP contribution in [0.25, 0.3) is 11.4 Å². The number of halogens is 2. The van der Waals surface area contributed by atoms with Gasteiger partial charge < -0.3 is 14.4 Å². The van der Waals surface area contributed by atoms with Gasteiger partial charge in [0, 0.05) is 18.7 Å². The van der Waals surface area contributed by atoms with Gasteiger partial charge in [0.1, 0.15) is 16.3 Å². The highest BCUT2D eigenvalue weighted by molar-refractivity contribution is 9.10. The van der Waals surface area contributed by atoms with E-state index < -0.39 is 17.5 Å². The summed E-state index contributed by atoms with van der Waals surface area (Å²) < 4.78 is 27.6. The zero-order chi connectivity index (χ0) is 19.9. The van der Waals surface area contributed by atoms with E-state index >= 15 is 0 Å². The average molecular weight is 441 g/mol. The summed E-state index contributed by atoms with van der Waals surface area (Å²) in [6.07, 6.45) is 0.449. The van der Waals surface area contributed by atoms with Gasteiger partial charge in [0.15, 0.2) is 11.6 Å². The molecule has 0 aliphatic carbocycles. The largest absolute Gasteiger partial charge is 0.483 e. The normalized spacial score (nSPS) is 14.9. The minimum atomic E-state index is -0.551.